The topological polar surface area (TPSA) is 29.5 Å². The third kappa shape index (κ3) is 5.97. The number of benzene rings is 3. The van der Waals surface area contributed by atoms with Crippen molar-refractivity contribution in [3.05, 3.63) is 82.4 Å². The number of hydrogen-bond acceptors (Lipinski definition) is 2. The van der Waals surface area contributed by atoms with Crippen molar-refractivity contribution in [1.82, 2.24) is 0 Å². The molecular weight excluding hydrogens is 482 g/mol. The zero-order valence-corrected chi connectivity index (χ0v) is 20.1. The summed E-state index contributed by atoms with van der Waals surface area (Å²) in [6, 6.07) is 7.99. The molecule has 0 aromatic heterocycles. The Morgan fingerprint density at radius 2 is 1.47 bits per heavy atom. The molecule has 0 bridgehead atoms. The molecule has 0 aliphatic rings. The molecule has 0 saturated carbocycles. The quantitative estimate of drug-likeness (QED) is 0.206. The van der Waals surface area contributed by atoms with Gasteiger partial charge in [0.1, 0.15) is 22.9 Å². The van der Waals surface area contributed by atoms with Gasteiger partial charge in [-0.3, -0.25) is 0 Å². The molecule has 8 heteroatoms. The molecule has 0 aliphatic heterocycles. The van der Waals surface area contributed by atoms with E-state index in [0.29, 0.717) is 12.8 Å². The Morgan fingerprint density at radius 3 is 2.11 bits per heavy atom. The fraction of sp³-hybridized carbons (Fsp3) is 0.357. The monoisotopic (exact) mass is 510 g/mol. The molecule has 0 amide bonds. The average Bonchev–Trinajstić information content (AvgIpc) is 2.81. The zero-order valence-electron chi connectivity index (χ0n) is 20.1. The first-order chi connectivity index (χ1) is 17.1. The highest BCUT2D eigenvalue weighted by molar-refractivity contribution is 5.73. The number of hydrogen-bond donors (Lipinski definition) is 1. The smallest absolute Gasteiger partial charge is 0.432 e. The maximum atomic E-state index is 15.3. The van der Waals surface area contributed by atoms with E-state index in [4.69, 9.17) is 0 Å². The molecule has 3 aromatic rings. The third-order valence-corrected chi connectivity index (χ3v) is 5.93. The van der Waals surface area contributed by atoms with Crippen molar-refractivity contribution in [2.24, 2.45) is 0 Å². The zero-order chi connectivity index (χ0) is 26.5. The van der Waals surface area contributed by atoms with Crippen LogP contribution in [0.5, 0.6) is 11.5 Å². The van der Waals surface area contributed by atoms with E-state index < -0.39 is 51.8 Å². The number of halogens is 6. The molecule has 3 rings (SSSR count). The van der Waals surface area contributed by atoms with Crippen LogP contribution in [0, 0.1) is 23.3 Å². The summed E-state index contributed by atoms with van der Waals surface area (Å²) in [7, 11) is 0. The molecule has 0 saturated heterocycles. The molecule has 3 aromatic carbocycles. The van der Waals surface area contributed by atoms with Gasteiger partial charge >= 0.3 is 6.11 Å². The van der Waals surface area contributed by atoms with Crippen molar-refractivity contribution in [3.63, 3.8) is 0 Å². The minimum atomic E-state index is -4.52. The summed E-state index contributed by atoms with van der Waals surface area (Å²) in [6.07, 6.45) is 0.561. The van der Waals surface area contributed by atoms with Crippen LogP contribution in [0.15, 0.2) is 42.5 Å². The number of phenolic OH excluding ortho intramolecular Hbond substituents is 1. The van der Waals surface area contributed by atoms with E-state index in [0.717, 1.165) is 37.3 Å². The van der Waals surface area contributed by atoms with Crippen LogP contribution in [0.1, 0.15) is 62.6 Å². The van der Waals surface area contributed by atoms with Crippen LogP contribution in [0.3, 0.4) is 0 Å². The number of unbranched alkanes of at least 4 members (excludes halogenated alkanes) is 3. The van der Waals surface area contributed by atoms with Gasteiger partial charge in [-0.15, -0.1) is 0 Å². The normalized spacial score (nSPS) is 11.7. The molecule has 0 spiro atoms. The SMILES string of the molecule is CCCCCCc1ccc(-c2c(O)cc(F)c(C(F)(F)Oc3ccc(CCC)cc3)c2F)c(F)c1F. The minimum Gasteiger partial charge on any atom is -0.507 e. The molecule has 2 nitrogen and oxygen atoms in total. The van der Waals surface area contributed by atoms with Crippen LogP contribution in [-0.4, -0.2) is 5.11 Å². The molecule has 0 atom stereocenters. The van der Waals surface area contributed by atoms with E-state index in [9.17, 15) is 27.1 Å². The van der Waals surface area contributed by atoms with Crippen LogP contribution in [0.25, 0.3) is 11.1 Å². The summed E-state index contributed by atoms with van der Waals surface area (Å²) >= 11 is 0. The Kier molecular flexibility index (Phi) is 8.93. The molecule has 36 heavy (non-hydrogen) atoms. The van der Waals surface area contributed by atoms with Crippen LogP contribution in [0.4, 0.5) is 26.3 Å². The lowest BCUT2D eigenvalue weighted by Crippen LogP contribution is -2.25. The number of aromatic hydroxyl groups is 1. The summed E-state index contributed by atoms with van der Waals surface area (Å²) in [5.74, 6) is -8.04. The second-order valence-electron chi connectivity index (χ2n) is 8.67. The van der Waals surface area contributed by atoms with E-state index in [1.807, 2.05) is 13.8 Å². The van der Waals surface area contributed by atoms with Crippen molar-refractivity contribution in [1.29, 1.82) is 0 Å². The number of rotatable bonds is 11. The van der Waals surface area contributed by atoms with Gasteiger partial charge in [-0.25, -0.2) is 17.6 Å². The van der Waals surface area contributed by atoms with Gasteiger partial charge in [0.15, 0.2) is 17.5 Å². The lowest BCUT2D eigenvalue weighted by Gasteiger charge is -2.21. The fourth-order valence-electron chi connectivity index (χ4n) is 4.06. The molecule has 0 radical (unpaired) electrons. The summed E-state index contributed by atoms with van der Waals surface area (Å²) in [5, 5.41) is 10.1. The molecule has 0 fully saturated rings. The molecule has 0 heterocycles. The first kappa shape index (κ1) is 27.4. The first-order valence-corrected chi connectivity index (χ1v) is 11.9. The van der Waals surface area contributed by atoms with E-state index in [2.05, 4.69) is 4.74 Å². The average molecular weight is 511 g/mol. The van der Waals surface area contributed by atoms with Crippen LogP contribution < -0.4 is 4.74 Å². The van der Waals surface area contributed by atoms with Crippen LogP contribution in [0.2, 0.25) is 0 Å². The van der Waals surface area contributed by atoms with Gasteiger partial charge in [-0.2, -0.15) is 8.78 Å². The molecule has 194 valence electrons. The fourth-order valence-corrected chi connectivity index (χ4v) is 4.06. The maximum absolute atomic E-state index is 15.3. The maximum Gasteiger partial charge on any atom is 0.432 e. The Hall–Kier alpha value is -3.16. The standard InChI is InChI=1S/C28H28F6O2/c1-3-5-6-7-9-18-12-15-20(26(31)25(18)30)23-22(35)16-21(29)24(27(23)32)28(33,34)36-19-13-10-17(8-4-2)11-14-19/h10-16,35H,3-9H2,1-2H3. The molecule has 0 unspecified atom stereocenters. The summed E-state index contributed by atoms with van der Waals surface area (Å²) in [4.78, 5) is 0. The van der Waals surface area contributed by atoms with E-state index in [1.165, 1.54) is 18.2 Å². The second-order valence-corrected chi connectivity index (χ2v) is 8.67. The van der Waals surface area contributed by atoms with E-state index >= 15 is 4.39 Å². The summed E-state index contributed by atoms with van der Waals surface area (Å²) in [6.45, 7) is 3.95. The first-order valence-electron chi connectivity index (χ1n) is 11.9. The Labute approximate surface area is 206 Å². The predicted octanol–water partition coefficient (Wildman–Crippen LogP) is 8.82. The van der Waals surface area contributed by atoms with Crippen LogP contribution >= 0.6 is 0 Å². The highest BCUT2D eigenvalue weighted by Gasteiger charge is 2.43. The lowest BCUT2D eigenvalue weighted by molar-refractivity contribution is -0.189. The Morgan fingerprint density at radius 1 is 0.778 bits per heavy atom. The van der Waals surface area contributed by atoms with Gasteiger partial charge in [-0.05, 0) is 42.5 Å². The largest absolute Gasteiger partial charge is 0.507 e. The van der Waals surface area contributed by atoms with Gasteiger partial charge in [0.2, 0.25) is 0 Å². The van der Waals surface area contributed by atoms with E-state index in [1.54, 1.807) is 12.1 Å². The van der Waals surface area contributed by atoms with Gasteiger partial charge in [0.25, 0.3) is 0 Å². The molecule has 0 aliphatic carbocycles. The highest BCUT2D eigenvalue weighted by atomic mass is 19.3. The van der Waals surface area contributed by atoms with Crippen molar-refractivity contribution in [2.75, 3.05) is 0 Å². The Bertz CT molecular complexity index is 1190. The third-order valence-electron chi connectivity index (χ3n) is 5.93. The van der Waals surface area contributed by atoms with Gasteiger partial charge in [-0.1, -0.05) is 63.8 Å². The van der Waals surface area contributed by atoms with Gasteiger partial charge in [0.05, 0.1) is 5.56 Å². The highest BCUT2D eigenvalue weighted by Crippen LogP contribution is 2.43. The minimum absolute atomic E-state index is 0.0368. The van der Waals surface area contributed by atoms with Crippen molar-refractivity contribution >= 4 is 0 Å². The lowest BCUT2D eigenvalue weighted by atomic mass is 9.96. The second kappa shape index (κ2) is 11.7. The van der Waals surface area contributed by atoms with Crippen molar-refractivity contribution in [3.8, 4) is 22.6 Å². The summed E-state index contributed by atoms with van der Waals surface area (Å²) in [5.41, 5.74) is -2.81. The van der Waals surface area contributed by atoms with E-state index in [-0.39, 0.29) is 23.8 Å². The Balaban J connectivity index is 1.98. The summed E-state index contributed by atoms with van der Waals surface area (Å²) < 4.78 is 93.8. The number of alkyl halides is 2. The predicted molar refractivity (Wildman–Crippen MR) is 126 cm³/mol. The molecular formula is C28H28F6O2. The van der Waals surface area contributed by atoms with Crippen molar-refractivity contribution < 1.29 is 36.2 Å². The van der Waals surface area contributed by atoms with Crippen LogP contribution in [-0.2, 0) is 19.0 Å². The number of ether oxygens (including phenoxy) is 1. The van der Waals surface area contributed by atoms with Gasteiger partial charge in [0, 0.05) is 11.6 Å². The number of aryl methyl sites for hydroxylation is 2. The number of phenols is 1. The van der Waals surface area contributed by atoms with Gasteiger partial charge < -0.3 is 9.84 Å². The molecule has 1 N–H and O–H groups in total. The van der Waals surface area contributed by atoms with Crippen molar-refractivity contribution in [2.45, 2.75) is 64.9 Å².